The van der Waals surface area contributed by atoms with Crippen molar-refractivity contribution >= 4 is 169 Å². The second-order valence-electron chi connectivity index (χ2n) is 35.9. The third-order valence-corrected chi connectivity index (χ3v) is 27.3. The first-order chi connectivity index (χ1) is 71.6. The zero-order valence-electron chi connectivity index (χ0n) is 83.1. The van der Waals surface area contributed by atoms with Crippen LogP contribution in [0, 0.1) is 10.8 Å². The van der Waals surface area contributed by atoms with E-state index in [2.05, 4.69) is 95.4 Å². The number of primary amides is 1. The number of fused-ring (bicyclic) bond motifs is 1. The summed E-state index contributed by atoms with van der Waals surface area (Å²) in [5.41, 5.74) is 36.8. The van der Waals surface area contributed by atoms with Crippen molar-refractivity contribution < 1.29 is 117 Å². The Bertz CT molecular complexity index is 5420. The highest BCUT2D eigenvalue weighted by molar-refractivity contribution is 8.76. The number of guanidine groups is 2. The van der Waals surface area contributed by atoms with Crippen molar-refractivity contribution in [1.29, 1.82) is 10.8 Å². The maximum absolute atomic E-state index is 15.6. The number of carbonyl (C=O) groups excluding carboxylic acids is 17. The number of aliphatic hydroxyl groups excluding tert-OH is 3. The highest BCUT2D eigenvalue weighted by Gasteiger charge is 2.44. The second kappa shape index (κ2) is 64.2. The van der Waals surface area contributed by atoms with Gasteiger partial charge < -0.3 is 160 Å². The van der Waals surface area contributed by atoms with Gasteiger partial charge in [-0.05, 0) is 144 Å². The lowest BCUT2D eigenvalue weighted by Crippen LogP contribution is -2.63. The summed E-state index contributed by atoms with van der Waals surface area (Å²) in [6, 6.07) is 0.895. The summed E-state index contributed by atoms with van der Waals surface area (Å²) in [6.45, 7) is -1.57. The van der Waals surface area contributed by atoms with Crippen LogP contribution in [-0.4, -0.2) is 338 Å². The van der Waals surface area contributed by atoms with E-state index in [1.807, 2.05) is 0 Å². The number of carboxylic acids is 2. The number of benzene rings is 4. The number of carboxylic acid groups (broad SMARTS) is 2. The molecule has 0 aliphatic carbocycles. The molecule has 2 aliphatic rings. The summed E-state index contributed by atoms with van der Waals surface area (Å²) >= 11 is 1.26. The molecule has 5 aromatic rings. The molecule has 0 radical (unpaired) electrons. The van der Waals surface area contributed by atoms with Gasteiger partial charge in [-0.3, -0.25) is 97.1 Å². The van der Waals surface area contributed by atoms with Crippen molar-refractivity contribution in [3.63, 3.8) is 0 Å². The van der Waals surface area contributed by atoms with E-state index in [0.29, 0.717) is 54.7 Å². The van der Waals surface area contributed by atoms with Gasteiger partial charge in [-0.1, -0.05) is 131 Å². The first-order valence-corrected chi connectivity index (χ1v) is 52.7. The van der Waals surface area contributed by atoms with Gasteiger partial charge in [0.15, 0.2) is 11.9 Å². The van der Waals surface area contributed by atoms with Crippen LogP contribution in [0.3, 0.4) is 0 Å². The molecule has 6 unspecified atom stereocenters. The summed E-state index contributed by atoms with van der Waals surface area (Å²) in [5.74, 6) is -24.5. The average Bonchev–Trinajstić information content (AvgIpc) is 1.66. The lowest BCUT2D eigenvalue weighted by Gasteiger charge is -2.31. The van der Waals surface area contributed by atoms with Crippen LogP contribution in [0.1, 0.15) is 125 Å². The molecule has 54 heteroatoms. The third kappa shape index (κ3) is 41.3. The molecule has 51 nitrogen and oxygen atoms in total. The molecule has 2 saturated heterocycles. The van der Waals surface area contributed by atoms with E-state index in [-0.39, 0.29) is 135 Å². The van der Waals surface area contributed by atoms with Crippen molar-refractivity contribution in [2.75, 3.05) is 69.5 Å². The first-order valence-electron chi connectivity index (χ1n) is 48.9. The second-order valence-corrected chi connectivity index (χ2v) is 39.4. The van der Waals surface area contributed by atoms with Crippen molar-refractivity contribution in [1.82, 2.24) is 100 Å². The van der Waals surface area contributed by atoms with Crippen LogP contribution < -0.4 is 125 Å². The number of thioether (sulfide) groups is 1. The minimum absolute atomic E-state index is 0.00960. The molecule has 7 rings (SSSR count). The van der Waals surface area contributed by atoms with E-state index >= 15 is 43.2 Å². The SMILES string of the molecule is CSCC[C@H](NC(=O)[C@H](CCCNC(=N)N)NC(=O)[C@@H](N)CC(=O)O)C(=O)N1CCC[C@H]1C(=O)NC1CSSC[C@@H](C(=O)N[C@@H](CCCCN)C(=O)O)NC(=O)C(CO)NC(=O)[C@H](CO)NC(=O)C(Cc2ccccc2)NC(=O)[C@H]([C@@H](C)O)NC(=O)[C@H](CCCCN)NC(=O)C(Cc2c[nH]c3ccccc23)NC(=O)[C@H](Cc2ccccc2)NC(=O)C(Cc2ccccc2)NC(=O)[C@H](CC(N)=O)NC(=O)C(CCCNC(=N)N)NC1=O. The van der Waals surface area contributed by atoms with Crippen LogP contribution in [0.2, 0.25) is 0 Å². The Labute approximate surface area is 876 Å². The fourth-order valence-corrected chi connectivity index (χ4v) is 19.0. The molecule has 0 bridgehead atoms. The van der Waals surface area contributed by atoms with E-state index in [1.54, 1.807) is 128 Å². The van der Waals surface area contributed by atoms with E-state index in [0.717, 1.165) is 11.8 Å². The number of nitrogens with one attached hydrogen (secondary N) is 20. The highest BCUT2D eigenvalue weighted by atomic mass is 33.1. The van der Waals surface area contributed by atoms with Crippen LogP contribution in [0.4, 0.5) is 0 Å². The summed E-state index contributed by atoms with van der Waals surface area (Å²) in [4.78, 5) is 282. The molecule has 2 aliphatic heterocycles. The summed E-state index contributed by atoms with van der Waals surface area (Å²) < 4.78 is 0. The van der Waals surface area contributed by atoms with Gasteiger partial charge in [0.25, 0.3) is 0 Å². The number of nitrogens with zero attached hydrogens (tertiary/aromatic N) is 1. The maximum atomic E-state index is 15.6. The fourth-order valence-electron chi connectivity index (χ4n) is 16.2. The Morgan fingerprint density at radius 1 is 0.487 bits per heavy atom. The molecule has 1 aromatic heterocycles. The van der Waals surface area contributed by atoms with Crippen LogP contribution in [0.25, 0.3) is 10.9 Å². The summed E-state index contributed by atoms with van der Waals surface area (Å²) in [5, 5.41) is 112. The number of hydrogen-bond donors (Lipinski definition) is 31. The van der Waals surface area contributed by atoms with Gasteiger partial charge >= 0.3 is 11.9 Å². The van der Waals surface area contributed by atoms with Gasteiger partial charge in [0.1, 0.15) is 96.7 Å². The molecule has 18 atom stereocenters. The van der Waals surface area contributed by atoms with Crippen LogP contribution in [-0.2, 0) is 117 Å². The van der Waals surface area contributed by atoms with Gasteiger partial charge in [-0.25, -0.2) is 4.79 Å². The minimum Gasteiger partial charge on any atom is -0.481 e. The molecule has 37 N–H and O–H groups in total. The lowest BCUT2D eigenvalue weighted by molar-refractivity contribution is -0.142. The maximum Gasteiger partial charge on any atom is 0.326 e. The lowest BCUT2D eigenvalue weighted by atomic mass is 10.00. The number of hydrogen-bond acceptors (Lipinski definition) is 30. The van der Waals surface area contributed by atoms with Crippen molar-refractivity contribution in [3.8, 4) is 0 Å². The fraction of sp³-hybridized carbons (Fsp3) is 0.510. The zero-order valence-corrected chi connectivity index (χ0v) is 85.5. The quantitative estimate of drug-likeness (QED) is 0.00746. The standard InChI is InChI=1S/C96H139N27O24S3/c1-52(126)77-92(144)117-67(43-55-25-10-5-11-26-55)84(136)118-70(48-124)87(139)119-71(49-125)88(140)120-72(90(142)112-64(94(146)147)30-15-17-36-98)50-149-150-51-73(121-91(143)74-33-20-39-123(74)93(145)63(34-40-148-2)111-79(131)61(31-18-37-105-95(101)102)108-78(130)58(99)45-76(128)129)89(141)110-62(32-19-38-106-96(103)104)80(132)116-69(46-75(100)127)86(138)114-65(41-53-21-6-3-7-22-53)82(134)113-66(42-54-23-8-4-9-24-54)83(135)115-68(44-56-47-107-59-28-13-12-27-57(56)59)85(137)109-60(81(133)122-77)29-14-16-35-97/h3-13,21-28,47,52,58,60-74,77,107,124-126H,14-20,29-46,48-51,97-99H2,1-2H3,(H2,100,127)(H,108,130)(H,109,137)(H,110,141)(H,111,131)(H,112,142)(H,113,134)(H,114,138)(H,115,135)(H,116,132)(H,117,144)(H,118,136)(H,119,139)(H,120,140)(H,121,143)(H,122,133)(H,128,129)(H,146,147)(H4,101,102,105)(H4,103,104,106)/t52-,58+,60+,61+,62?,63+,64+,65?,66+,67?,68?,69+,70+,71?,72+,73?,74+,77+/m1/s1. The molecular formula is C96H139N27O24S3. The molecule has 0 saturated carbocycles. The Balaban J connectivity index is 1.38. The Morgan fingerprint density at radius 2 is 0.933 bits per heavy atom. The first kappa shape index (κ1) is 123. The molecular weight excluding hydrogens is 2010 g/mol. The van der Waals surface area contributed by atoms with Crippen LogP contribution in [0.5, 0.6) is 0 Å². The molecule has 0 spiro atoms. The number of amides is 17. The summed E-state index contributed by atoms with van der Waals surface area (Å²) in [7, 11) is 1.35. The number of nitrogens with two attached hydrogens (primary N) is 6. The Hall–Kier alpha value is -14.3. The topological polar surface area (TPSA) is 853 Å². The number of aliphatic carboxylic acids is 2. The third-order valence-electron chi connectivity index (χ3n) is 24.2. The number of para-hydroxylation sites is 1. The number of rotatable bonds is 44. The van der Waals surface area contributed by atoms with E-state index < -0.39 is 283 Å². The van der Waals surface area contributed by atoms with Gasteiger partial charge in [-0.15, -0.1) is 0 Å². The van der Waals surface area contributed by atoms with Gasteiger partial charge in [0.05, 0.1) is 38.2 Å². The highest BCUT2D eigenvalue weighted by Crippen LogP contribution is 2.27. The van der Waals surface area contributed by atoms with Crippen LogP contribution >= 0.6 is 33.3 Å². The predicted octanol–water partition coefficient (Wildman–Crippen LogP) is -7.24. The van der Waals surface area contributed by atoms with E-state index in [4.69, 9.17) is 45.2 Å². The number of aliphatic hydroxyl groups is 3. The molecule has 820 valence electrons. The monoisotopic (exact) mass is 2150 g/mol. The predicted molar refractivity (Wildman–Crippen MR) is 556 cm³/mol. The minimum atomic E-state index is -2.11. The van der Waals surface area contributed by atoms with Gasteiger partial charge in [0, 0.05) is 73.9 Å². The van der Waals surface area contributed by atoms with Gasteiger partial charge in [0.2, 0.25) is 100 Å². The number of unbranched alkanes of at least 4 members (excludes halogenated alkanes) is 2. The Kier molecular flexibility index (Phi) is 52.5. The molecule has 150 heavy (non-hydrogen) atoms. The van der Waals surface area contributed by atoms with Crippen molar-refractivity contribution in [2.24, 2.45) is 34.4 Å². The zero-order chi connectivity index (χ0) is 110. The molecule has 17 amide bonds. The van der Waals surface area contributed by atoms with E-state index in [9.17, 15) is 73.5 Å². The number of carbonyl (C=O) groups is 19. The number of aromatic amines is 1. The molecule has 4 aromatic carbocycles. The normalized spacial score (nSPS) is 22.2. The Morgan fingerprint density at radius 3 is 1.45 bits per heavy atom. The van der Waals surface area contributed by atoms with Gasteiger partial charge in [-0.2, -0.15) is 11.8 Å². The molecule has 2 fully saturated rings. The largest absolute Gasteiger partial charge is 0.481 e. The summed E-state index contributed by atoms with van der Waals surface area (Å²) in [6.07, 6.45) is -2.29. The number of H-pyrrole nitrogens is 1. The number of aromatic nitrogens is 1. The van der Waals surface area contributed by atoms with Crippen molar-refractivity contribution in [3.05, 3.63) is 144 Å². The average molecular weight is 2150 g/mol. The number of likely N-dealkylation sites (tertiary alicyclic amines) is 1. The van der Waals surface area contributed by atoms with E-state index in [1.165, 1.54) is 11.8 Å². The smallest absolute Gasteiger partial charge is 0.326 e. The van der Waals surface area contributed by atoms with Crippen LogP contribution in [0.15, 0.2) is 121 Å². The molecule has 3 heterocycles. The van der Waals surface area contributed by atoms with Crippen molar-refractivity contribution in [2.45, 2.75) is 238 Å².